The summed E-state index contributed by atoms with van der Waals surface area (Å²) in [6, 6.07) is 32.5. The van der Waals surface area contributed by atoms with Crippen molar-refractivity contribution in [1.29, 1.82) is 0 Å². The number of nitrogens with zero attached hydrogens (tertiary/aromatic N) is 4. The zero-order chi connectivity index (χ0) is 26.1. The Hall–Kier alpha value is -4.22. The van der Waals surface area contributed by atoms with Crippen LogP contribution in [0.3, 0.4) is 0 Å². The molecule has 0 saturated heterocycles. The lowest BCUT2D eigenvalue weighted by atomic mass is 9.97. The van der Waals surface area contributed by atoms with Crippen molar-refractivity contribution in [3.8, 4) is 17.0 Å². The summed E-state index contributed by atoms with van der Waals surface area (Å²) >= 11 is 6.39. The maximum atomic E-state index is 6.39. The Bertz CT molecular complexity index is 1630. The molecule has 1 aliphatic rings. The molecule has 4 aromatic carbocycles. The predicted molar refractivity (Wildman–Crippen MR) is 155 cm³/mol. The Labute approximate surface area is 227 Å². The fourth-order valence-electron chi connectivity index (χ4n) is 4.91. The van der Waals surface area contributed by atoms with E-state index in [-0.39, 0.29) is 6.04 Å². The van der Waals surface area contributed by atoms with Gasteiger partial charge in [0.1, 0.15) is 5.75 Å². The molecule has 0 amide bonds. The molecule has 6 rings (SSSR count). The average Bonchev–Trinajstić information content (AvgIpc) is 3.39. The first kappa shape index (κ1) is 24.1. The molecule has 6 heteroatoms. The van der Waals surface area contributed by atoms with Gasteiger partial charge in [-0.05, 0) is 55.3 Å². The number of fused-ring (bicyclic) bond motifs is 1. The molecule has 0 saturated carbocycles. The number of rotatable bonds is 6. The highest BCUT2D eigenvalue weighted by atomic mass is 35.5. The summed E-state index contributed by atoms with van der Waals surface area (Å²) in [5.41, 5.74) is 7.10. The van der Waals surface area contributed by atoms with Crippen LogP contribution in [-0.2, 0) is 0 Å². The Morgan fingerprint density at radius 2 is 1.66 bits per heavy atom. The number of halogens is 1. The van der Waals surface area contributed by atoms with Crippen LogP contribution in [0.4, 0.5) is 5.95 Å². The molecular weight excluding hydrogens is 492 g/mol. The van der Waals surface area contributed by atoms with Crippen molar-refractivity contribution in [3.63, 3.8) is 0 Å². The monoisotopic (exact) mass is 518 g/mol. The average molecular weight is 519 g/mol. The highest BCUT2D eigenvalue weighted by Crippen LogP contribution is 2.38. The van der Waals surface area contributed by atoms with Crippen molar-refractivity contribution in [2.45, 2.75) is 26.3 Å². The number of aryl methyl sites for hydroxylation is 1. The fraction of sp³-hybridized carbons (Fsp3) is 0.156. The number of aromatic nitrogens is 2. The predicted octanol–water partition coefficient (Wildman–Crippen LogP) is 8.01. The molecule has 5 aromatic rings. The van der Waals surface area contributed by atoms with Crippen molar-refractivity contribution in [1.82, 2.24) is 9.97 Å². The Morgan fingerprint density at radius 3 is 2.42 bits per heavy atom. The van der Waals surface area contributed by atoms with Crippen LogP contribution in [0.15, 0.2) is 102 Å². The zero-order valence-electron chi connectivity index (χ0n) is 21.3. The number of hydrazone groups is 1. The molecule has 0 spiro atoms. The molecule has 0 unspecified atom stereocenters. The minimum absolute atomic E-state index is 0.0606. The van der Waals surface area contributed by atoms with E-state index >= 15 is 0 Å². The number of ether oxygens (including phenoxy) is 1. The van der Waals surface area contributed by atoms with E-state index in [1.54, 1.807) is 0 Å². The summed E-state index contributed by atoms with van der Waals surface area (Å²) in [7, 11) is 0. The van der Waals surface area contributed by atoms with Crippen molar-refractivity contribution in [3.05, 3.63) is 119 Å². The Morgan fingerprint density at radius 1 is 0.868 bits per heavy atom. The molecular formula is C32H27ClN4O. The quantitative estimate of drug-likeness (QED) is 0.228. The lowest BCUT2D eigenvalue weighted by Gasteiger charge is -2.23. The second-order valence-electron chi connectivity index (χ2n) is 9.38. The maximum absolute atomic E-state index is 6.39. The van der Waals surface area contributed by atoms with Crippen LogP contribution in [0.1, 0.15) is 36.1 Å². The summed E-state index contributed by atoms with van der Waals surface area (Å²) in [6.45, 7) is 4.72. The third-order valence-corrected chi connectivity index (χ3v) is 6.97. The maximum Gasteiger partial charge on any atom is 0.247 e. The van der Waals surface area contributed by atoms with Crippen molar-refractivity contribution < 1.29 is 4.74 Å². The summed E-state index contributed by atoms with van der Waals surface area (Å²) in [4.78, 5) is 10.1. The SMILES string of the molecule is CCOc1ccc([C@H]2CC(c3cccc(C)c3)=NN2c2nc(-c3ccccc3)c3cc(Cl)ccc3n2)cc1. The van der Waals surface area contributed by atoms with Gasteiger partial charge in [0.2, 0.25) is 5.95 Å². The van der Waals surface area contributed by atoms with Crippen LogP contribution in [-0.4, -0.2) is 22.3 Å². The second-order valence-corrected chi connectivity index (χ2v) is 9.82. The van der Waals surface area contributed by atoms with E-state index in [1.165, 1.54) is 5.56 Å². The van der Waals surface area contributed by atoms with Gasteiger partial charge in [-0.3, -0.25) is 0 Å². The summed E-state index contributed by atoms with van der Waals surface area (Å²) < 4.78 is 5.68. The zero-order valence-corrected chi connectivity index (χ0v) is 22.1. The van der Waals surface area contributed by atoms with E-state index in [0.29, 0.717) is 17.6 Å². The number of benzene rings is 4. The molecule has 38 heavy (non-hydrogen) atoms. The normalized spacial score (nSPS) is 15.1. The third kappa shape index (κ3) is 4.73. The highest BCUT2D eigenvalue weighted by molar-refractivity contribution is 6.31. The van der Waals surface area contributed by atoms with Crippen LogP contribution in [0.5, 0.6) is 5.75 Å². The van der Waals surface area contributed by atoms with Gasteiger partial charge in [0.15, 0.2) is 0 Å². The van der Waals surface area contributed by atoms with E-state index in [1.807, 2.05) is 60.5 Å². The summed E-state index contributed by atoms with van der Waals surface area (Å²) in [5.74, 6) is 1.41. The second kappa shape index (κ2) is 10.3. The van der Waals surface area contributed by atoms with Gasteiger partial charge in [0.05, 0.1) is 29.6 Å². The van der Waals surface area contributed by atoms with Gasteiger partial charge in [-0.15, -0.1) is 0 Å². The molecule has 0 radical (unpaired) electrons. The van der Waals surface area contributed by atoms with E-state index in [4.69, 9.17) is 31.4 Å². The molecule has 0 N–H and O–H groups in total. The number of hydrogen-bond donors (Lipinski definition) is 0. The molecule has 1 atom stereocenters. The Kier molecular flexibility index (Phi) is 6.52. The molecule has 0 bridgehead atoms. The van der Waals surface area contributed by atoms with Crippen LogP contribution in [0.25, 0.3) is 22.2 Å². The van der Waals surface area contributed by atoms with E-state index in [9.17, 15) is 0 Å². The Balaban J connectivity index is 1.51. The van der Waals surface area contributed by atoms with E-state index in [0.717, 1.165) is 51.2 Å². The number of anilines is 1. The fourth-order valence-corrected chi connectivity index (χ4v) is 5.09. The highest BCUT2D eigenvalue weighted by Gasteiger charge is 2.32. The minimum atomic E-state index is -0.0606. The van der Waals surface area contributed by atoms with Gasteiger partial charge in [-0.2, -0.15) is 5.10 Å². The molecule has 2 heterocycles. The van der Waals surface area contributed by atoms with Crippen molar-refractivity contribution in [2.24, 2.45) is 5.10 Å². The largest absolute Gasteiger partial charge is 0.494 e. The molecule has 1 aliphatic heterocycles. The smallest absolute Gasteiger partial charge is 0.247 e. The van der Waals surface area contributed by atoms with Crippen LogP contribution >= 0.6 is 11.6 Å². The molecule has 0 fully saturated rings. The summed E-state index contributed by atoms with van der Waals surface area (Å²) in [6.07, 6.45) is 0.736. The first-order chi connectivity index (χ1) is 18.6. The van der Waals surface area contributed by atoms with Gasteiger partial charge in [-0.1, -0.05) is 83.9 Å². The van der Waals surface area contributed by atoms with Crippen LogP contribution in [0.2, 0.25) is 5.02 Å². The minimum Gasteiger partial charge on any atom is -0.494 e. The van der Waals surface area contributed by atoms with Crippen molar-refractivity contribution >= 4 is 34.2 Å². The first-order valence-electron chi connectivity index (χ1n) is 12.8. The van der Waals surface area contributed by atoms with Crippen molar-refractivity contribution in [2.75, 3.05) is 11.6 Å². The van der Waals surface area contributed by atoms with Gasteiger partial charge in [0, 0.05) is 22.4 Å². The topological polar surface area (TPSA) is 50.6 Å². The van der Waals surface area contributed by atoms with Gasteiger partial charge >= 0.3 is 0 Å². The van der Waals surface area contributed by atoms with E-state index in [2.05, 4.69) is 55.5 Å². The molecule has 188 valence electrons. The van der Waals surface area contributed by atoms with Gasteiger partial charge < -0.3 is 4.74 Å². The van der Waals surface area contributed by atoms with Gasteiger partial charge in [-0.25, -0.2) is 15.0 Å². The third-order valence-electron chi connectivity index (χ3n) is 6.74. The van der Waals surface area contributed by atoms with Crippen LogP contribution < -0.4 is 9.75 Å². The molecule has 5 nitrogen and oxygen atoms in total. The van der Waals surface area contributed by atoms with E-state index < -0.39 is 0 Å². The molecule has 1 aromatic heterocycles. The lowest BCUT2D eigenvalue weighted by Crippen LogP contribution is -2.21. The van der Waals surface area contributed by atoms with Gasteiger partial charge in [0.25, 0.3) is 0 Å². The lowest BCUT2D eigenvalue weighted by molar-refractivity contribution is 0.340. The summed E-state index contributed by atoms with van der Waals surface area (Å²) in [5, 5.41) is 8.64. The number of hydrogen-bond acceptors (Lipinski definition) is 5. The molecule has 0 aliphatic carbocycles. The van der Waals surface area contributed by atoms with Crippen LogP contribution in [0, 0.1) is 6.92 Å². The first-order valence-corrected chi connectivity index (χ1v) is 13.2. The standard InChI is InChI=1S/C32H27ClN4O/c1-3-38-26-15-12-22(13-16-26)30-20-29(24-11-7-8-21(2)18-24)36-37(30)32-34-28-17-14-25(33)19-27(28)31(35-32)23-9-5-4-6-10-23/h4-19,30H,3,20H2,1-2H3/t30-/m1/s1.